The molecule has 1 N–H and O–H groups in total. The molecule has 1 aromatic rings. The molecule has 1 amide bonds. The van der Waals surface area contributed by atoms with Crippen LogP contribution in [0.2, 0.25) is 0 Å². The Hall–Kier alpha value is -0.390. The van der Waals surface area contributed by atoms with E-state index in [2.05, 4.69) is 15.9 Å². The Morgan fingerprint density at radius 3 is 2.89 bits per heavy atom. The van der Waals surface area contributed by atoms with Gasteiger partial charge in [0.25, 0.3) is 5.91 Å². The van der Waals surface area contributed by atoms with Gasteiger partial charge in [-0.15, -0.1) is 11.3 Å². The highest BCUT2D eigenvalue weighted by molar-refractivity contribution is 9.11. The minimum Gasteiger partial charge on any atom is -0.391 e. The predicted molar refractivity (Wildman–Crippen MR) is 72.6 cm³/mol. The van der Waals surface area contributed by atoms with Crippen molar-refractivity contribution in [1.82, 2.24) is 4.90 Å². The average molecular weight is 328 g/mol. The summed E-state index contributed by atoms with van der Waals surface area (Å²) in [6.07, 6.45) is 1.94. The maximum Gasteiger partial charge on any atom is 0.264 e. The Bertz CT molecular complexity index is 515. The van der Waals surface area contributed by atoms with E-state index in [1.165, 1.54) is 11.3 Å². The molecule has 0 radical (unpaired) electrons. The number of aliphatic hydroxyl groups excluding tert-OH is 1. The number of nitrogens with zero attached hydrogens (tertiary/aromatic N) is 1. The summed E-state index contributed by atoms with van der Waals surface area (Å²) in [4.78, 5) is 15.2. The lowest BCUT2D eigenvalue weighted by Crippen LogP contribution is -2.43. The first-order valence-electron chi connectivity index (χ1n) is 6.39. The second-order valence-corrected chi connectivity index (χ2v) is 8.16. The number of likely N-dealkylation sites (tertiary alicyclic amines) is 1. The highest BCUT2D eigenvalue weighted by Gasteiger charge is 2.59. The van der Waals surface area contributed by atoms with Gasteiger partial charge >= 0.3 is 0 Å². The number of rotatable bonds is 1. The first-order valence-corrected chi connectivity index (χ1v) is 8.00. The molecule has 5 unspecified atom stereocenters. The summed E-state index contributed by atoms with van der Waals surface area (Å²) in [5, 5.41) is 10.3. The molecular weight excluding hydrogens is 314 g/mol. The van der Waals surface area contributed by atoms with Crippen LogP contribution in [-0.2, 0) is 0 Å². The average Bonchev–Trinajstić information content (AvgIpc) is 3.01. The molecule has 5 atom stereocenters. The van der Waals surface area contributed by atoms with Gasteiger partial charge < -0.3 is 10.0 Å². The molecule has 18 heavy (non-hydrogen) atoms. The second kappa shape index (κ2) is 3.81. The number of halogens is 1. The molecule has 3 aliphatic rings. The minimum atomic E-state index is -0.291. The Kier molecular flexibility index (Phi) is 2.42. The van der Waals surface area contributed by atoms with Gasteiger partial charge in [-0.05, 0) is 58.7 Å². The van der Waals surface area contributed by atoms with Crippen molar-refractivity contribution in [3.05, 3.63) is 20.8 Å². The maximum atomic E-state index is 12.5. The standard InChI is InChI=1S/C13H14BrNO2S/c14-10-2-1-9(18-10)13(17)15-5-7-3-6-4-8(7)11(15)12(6)16/h1-2,6-8,11-12,16H,3-5H2. The lowest BCUT2D eigenvalue weighted by atomic mass is 9.88. The number of fused-ring (bicyclic) bond motifs is 1. The van der Waals surface area contributed by atoms with Crippen molar-refractivity contribution in [3.63, 3.8) is 0 Å². The molecule has 3 fully saturated rings. The van der Waals surface area contributed by atoms with Crippen molar-refractivity contribution in [2.24, 2.45) is 17.8 Å². The molecule has 5 heteroatoms. The normalized spacial score (nSPS) is 40.8. The first-order chi connectivity index (χ1) is 8.65. The fraction of sp³-hybridized carbons (Fsp3) is 0.615. The van der Waals surface area contributed by atoms with Gasteiger partial charge in [0.05, 0.1) is 20.8 Å². The largest absolute Gasteiger partial charge is 0.391 e. The van der Waals surface area contributed by atoms with Crippen LogP contribution in [-0.4, -0.2) is 34.6 Å². The molecule has 2 bridgehead atoms. The number of carbonyl (C=O) groups excluding carboxylic acids is 1. The van der Waals surface area contributed by atoms with Crippen LogP contribution < -0.4 is 0 Å². The predicted octanol–water partition coefficient (Wildman–Crippen LogP) is 2.35. The number of carbonyl (C=O) groups is 1. The van der Waals surface area contributed by atoms with E-state index in [0.29, 0.717) is 17.8 Å². The van der Waals surface area contributed by atoms with Crippen molar-refractivity contribution >= 4 is 33.2 Å². The van der Waals surface area contributed by atoms with Gasteiger partial charge in [0.1, 0.15) is 0 Å². The van der Waals surface area contributed by atoms with Gasteiger partial charge in [-0.3, -0.25) is 4.79 Å². The lowest BCUT2D eigenvalue weighted by molar-refractivity contribution is 0.0405. The third-order valence-electron chi connectivity index (χ3n) is 4.89. The van der Waals surface area contributed by atoms with Crippen LogP contribution >= 0.6 is 27.3 Å². The van der Waals surface area contributed by atoms with Gasteiger partial charge in [0.2, 0.25) is 0 Å². The Balaban J connectivity index is 1.65. The quantitative estimate of drug-likeness (QED) is 0.860. The summed E-state index contributed by atoms with van der Waals surface area (Å²) in [6.45, 7) is 0.844. The van der Waals surface area contributed by atoms with Crippen LogP contribution in [0.3, 0.4) is 0 Å². The van der Waals surface area contributed by atoms with E-state index in [1.807, 2.05) is 17.0 Å². The molecule has 3 nitrogen and oxygen atoms in total. The summed E-state index contributed by atoms with van der Waals surface area (Å²) in [6, 6.07) is 3.87. The summed E-state index contributed by atoms with van der Waals surface area (Å²) in [5.41, 5.74) is 0. The molecule has 2 heterocycles. The number of aliphatic hydroxyl groups is 1. The summed E-state index contributed by atoms with van der Waals surface area (Å²) in [7, 11) is 0. The monoisotopic (exact) mass is 327 g/mol. The van der Waals surface area contributed by atoms with Gasteiger partial charge in [-0.2, -0.15) is 0 Å². The molecule has 2 aliphatic carbocycles. The van der Waals surface area contributed by atoms with Crippen LogP contribution in [0.15, 0.2) is 15.9 Å². The molecule has 96 valence electrons. The van der Waals surface area contributed by atoms with Crippen LogP contribution in [0.4, 0.5) is 0 Å². The number of hydrogen-bond acceptors (Lipinski definition) is 3. The zero-order valence-electron chi connectivity index (χ0n) is 9.75. The van der Waals surface area contributed by atoms with Crippen LogP contribution in [0.25, 0.3) is 0 Å². The van der Waals surface area contributed by atoms with Crippen molar-refractivity contribution < 1.29 is 9.90 Å². The van der Waals surface area contributed by atoms with Crippen molar-refractivity contribution in [3.8, 4) is 0 Å². The van der Waals surface area contributed by atoms with Crippen LogP contribution in [0.5, 0.6) is 0 Å². The molecule has 4 rings (SSSR count). The van der Waals surface area contributed by atoms with Gasteiger partial charge in [0, 0.05) is 6.54 Å². The van der Waals surface area contributed by atoms with Gasteiger partial charge in [-0.1, -0.05) is 0 Å². The van der Waals surface area contributed by atoms with E-state index in [0.717, 1.165) is 28.0 Å². The summed E-state index contributed by atoms with van der Waals surface area (Å²) >= 11 is 4.87. The van der Waals surface area contributed by atoms with E-state index in [4.69, 9.17) is 0 Å². The lowest BCUT2D eigenvalue weighted by Gasteiger charge is -2.28. The smallest absolute Gasteiger partial charge is 0.264 e. The number of amides is 1. The summed E-state index contributed by atoms with van der Waals surface area (Å²) in [5.74, 6) is 1.73. The molecule has 2 saturated carbocycles. The molecule has 1 aliphatic heterocycles. The molecule has 1 saturated heterocycles. The van der Waals surface area contributed by atoms with Gasteiger partial charge in [0.15, 0.2) is 0 Å². The molecular formula is C13H14BrNO2S. The Morgan fingerprint density at radius 1 is 1.39 bits per heavy atom. The molecule has 0 spiro atoms. The van der Waals surface area contributed by atoms with Gasteiger partial charge in [-0.25, -0.2) is 0 Å². The number of thiophene rings is 1. The van der Waals surface area contributed by atoms with Crippen LogP contribution in [0.1, 0.15) is 22.5 Å². The topological polar surface area (TPSA) is 40.5 Å². The minimum absolute atomic E-state index is 0.0853. The van der Waals surface area contributed by atoms with E-state index in [-0.39, 0.29) is 18.1 Å². The third-order valence-corrected chi connectivity index (χ3v) is 6.51. The highest BCUT2D eigenvalue weighted by Crippen LogP contribution is 2.55. The van der Waals surface area contributed by atoms with Crippen molar-refractivity contribution in [1.29, 1.82) is 0 Å². The van der Waals surface area contributed by atoms with E-state index in [1.54, 1.807) is 0 Å². The number of hydrogen-bond donors (Lipinski definition) is 1. The molecule has 0 aromatic carbocycles. The van der Waals surface area contributed by atoms with E-state index < -0.39 is 0 Å². The molecule has 1 aromatic heterocycles. The maximum absolute atomic E-state index is 12.5. The summed E-state index contributed by atoms with van der Waals surface area (Å²) < 4.78 is 0.984. The fourth-order valence-corrected chi connectivity index (χ4v) is 5.56. The third kappa shape index (κ3) is 1.41. The fourth-order valence-electron chi connectivity index (χ4n) is 4.22. The highest BCUT2D eigenvalue weighted by atomic mass is 79.9. The Morgan fingerprint density at radius 2 is 2.22 bits per heavy atom. The van der Waals surface area contributed by atoms with E-state index in [9.17, 15) is 9.90 Å². The zero-order valence-corrected chi connectivity index (χ0v) is 12.2. The Labute approximate surface area is 118 Å². The zero-order chi connectivity index (χ0) is 12.4. The van der Waals surface area contributed by atoms with Crippen molar-refractivity contribution in [2.45, 2.75) is 25.0 Å². The van der Waals surface area contributed by atoms with Crippen molar-refractivity contribution in [2.75, 3.05) is 6.54 Å². The SMILES string of the molecule is O=C(c1ccc(Br)s1)N1CC2CC3CC2C1C3O. The van der Waals surface area contributed by atoms with Crippen LogP contribution in [0, 0.1) is 17.8 Å². The second-order valence-electron chi connectivity index (χ2n) is 5.70. The first kappa shape index (κ1) is 11.4. The van der Waals surface area contributed by atoms with E-state index >= 15 is 0 Å².